The number of hydrogen-bond donors (Lipinski definition) is 1. The monoisotopic (exact) mass is 377 g/mol. The first-order chi connectivity index (χ1) is 8.81. The van der Waals surface area contributed by atoms with Gasteiger partial charge in [0, 0.05) is 25.0 Å². The third-order valence-electron chi connectivity index (χ3n) is 2.78. The van der Waals surface area contributed by atoms with E-state index in [1.165, 1.54) is 0 Å². The number of nitrogens with one attached hydrogen (secondary N) is 1. The molecule has 1 rings (SSSR count). The van der Waals surface area contributed by atoms with Gasteiger partial charge in [-0.2, -0.15) is 0 Å². The number of methoxy groups -OCH3 is 1. The predicted molar refractivity (Wildman–Crippen MR) is 87.9 cm³/mol. The van der Waals surface area contributed by atoms with Gasteiger partial charge in [0.05, 0.1) is 15.9 Å². The van der Waals surface area contributed by atoms with E-state index in [-0.39, 0.29) is 11.3 Å². The Balaban J connectivity index is 3.31. The molecule has 0 spiro atoms. The van der Waals surface area contributed by atoms with E-state index in [9.17, 15) is 0 Å². The van der Waals surface area contributed by atoms with Crippen LogP contribution in [0.3, 0.4) is 0 Å². The highest BCUT2D eigenvalue weighted by atomic mass is 127. The van der Waals surface area contributed by atoms with Gasteiger partial charge < -0.3 is 10.1 Å². The molecule has 0 aliphatic heterocycles. The molecule has 0 radical (unpaired) electrons. The Morgan fingerprint density at radius 3 is 2.42 bits per heavy atom. The third-order valence-corrected chi connectivity index (χ3v) is 3.80. The second-order valence-corrected chi connectivity index (χ2v) is 6.81. The molecular weight excluding hydrogens is 353 g/mol. The molecule has 0 amide bonds. The molecule has 0 aromatic carbocycles. The van der Waals surface area contributed by atoms with E-state index >= 15 is 0 Å². The van der Waals surface area contributed by atoms with Crippen LogP contribution in [0, 0.1) is 3.57 Å². The summed E-state index contributed by atoms with van der Waals surface area (Å²) in [6, 6.07) is 0. The van der Waals surface area contributed by atoms with Crippen LogP contribution in [-0.4, -0.2) is 30.2 Å². The van der Waals surface area contributed by atoms with Gasteiger partial charge in [0.1, 0.15) is 11.6 Å². The molecule has 1 N–H and O–H groups in total. The van der Waals surface area contributed by atoms with Crippen LogP contribution in [0.1, 0.15) is 52.1 Å². The van der Waals surface area contributed by atoms with Crippen molar-refractivity contribution in [1.29, 1.82) is 0 Å². The summed E-state index contributed by atoms with van der Waals surface area (Å²) in [4.78, 5) is 9.41. The molecule has 1 aromatic rings. The number of rotatable bonds is 5. The number of aromatic nitrogens is 2. The van der Waals surface area contributed by atoms with Crippen molar-refractivity contribution in [1.82, 2.24) is 9.97 Å². The molecule has 0 fully saturated rings. The van der Waals surface area contributed by atoms with E-state index in [2.05, 4.69) is 67.5 Å². The fourth-order valence-corrected chi connectivity index (χ4v) is 3.03. The van der Waals surface area contributed by atoms with E-state index < -0.39 is 0 Å². The second-order valence-electron chi connectivity index (χ2n) is 5.73. The van der Waals surface area contributed by atoms with Gasteiger partial charge in [-0.1, -0.05) is 27.7 Å². The van der Waals surface area contributed by atoms with Crippen LogP contribution >= 0.6 is 22.6 Å². The van der Waals surface area contributed by atoms with E-state index in [0.29, 0.717) is 6.61 Å². The Hall–Kier alpha value is -0.430. The summed E-state index contributed by atoms with van der Waals surface area (Å²) >= 11 is 2.33. The number of ether oxygens (including phenoxy) is 1. The quantitative estimate of drug-likeness (QED) is 0.798. The molecule has 0 saturated carbocycles. The minimum atomic E-state index is 0.00514. The summed E-state index contributed by atoms with van der Waals surface area (Å²) in [5.41, 5.74) is 1.10. The molecule has 0 bridgehead atoms. The zero-order valence-corrected chi connectivity index (χ0v) is 14.8. The van der Waals surface area contributed by atoms with E-state index in [0.717, 1.165) is 27.5 Å². The zero-order valence-electron chi connectivity index (χ0n) is 12.7. The molecule has 1 heterocycles. The first-order valence-electron chi connectivity index (χ1n) is 6.62. The number of nitrogens with zero attached hydrogens (tertiary/aromatic N) is 2. The summed E-state index contributed by atoms with van der Waals surface area (Å²) in [6.07, 6.45) is 0. The van der Waals surface area contributed by atoms with Crippen molar-refractivity contribution in [3.05, 3.63) is 15.1 Å². The van der Waals surface area contributed by atoms with Crippen molar-refractivity contribution in [3.63, 3.8) is 0 Å². The maximum atomic E-state index is 5.21. The minimum absolute atomic E-state index is 0.00514. The standard InChI is InChI=1S/C14H24IN3O/c1-7-16-13-10(15)11(14(3,4)5)17-12(18-13)9(2)8-19-6/h9H,7-8H2,1-6H3,(H,16,17,18). The lowest BCUT2D eigenvalue weighted by atomic mass is 9.91. The van der Waals surface area contributed by atoms with Crippen LogP contribution in [0.15, 0.2) is 0 Å². The maximum absolute atomic E-state index is 5.21. The van der Waals surface area contributed by atoms with Gasteiger partial charge in [0.2, 0.25) is 0 Å². The Kier molecular flexibility index (Phi) is 5.98. The topological polar surface area (TPSA) is 47.0 Å². The highest BCUT2D eigenvalue weighted by Gasteiger charge is 2.24. The number of hydrogen-bond acceptors (Lipinski definition) is 4. The van der Waals surface area contributed by atoms with Crippen LogP contribution in [-0.2, 0) is 10.2 Å². The molecular formula is C14H24IN3O. The molecule has 4 nitrogen and oxygen atoms in total. The maximum Gasteiger partial charge on any atom is 0.143 e. The lowest BCUT2D eigenvalue weighted by molar-refractivity contribution is 0.181. The Labute approximate surface area is 129 Å². The lowest BCUT2D eigenvalue weighted by Crippen LogP contribution is -2.21. The predicted octanol–water partition coefficient (Wildman–Crippen LogP) is 3.56. The van der Waals surface area contributed by atoms with Crippen LogP contribution < -0.4 is 5.32 Å². The first-order valence-corrected chi connectivity index (χ1v) is 7.69. The molecule has 1 unspecified atom stereocenters. The fourth-order valence-electron chi connectivity index (χ4n) is 1.79. The van der Waals surface area contributed by atoms with Gasteiger partial charge in [-0.25, -0.2) is 9.97 Å². The first kappa shape index (κ1) is 16.6. The van der Waals surface area contributed by atoms with Gasteiger partial charge in [-0.3, -0.25) is 0 Å². The molecule has 0 saturated heterocycles. The average molecular weight is 377 g/mol. The highest BCUT2D eigenvalue weighted by molar-refractivity contribution is 14.1. The number of halogens is 1. The SMILES string of the molecule is CCNc1nc(C(C)COC)nc(C(C)(C)C)c1I. The fraction of sp³-hybridized carbons (Fsp3) is 0.714. The van der Waals surface area contributed by atoms with Crippen LogP contribution in [0.5, 0.6) is 0 Å². The Morgan fingerprint density at radius 2 is 1.95 bits per heavy atom. The van der Waals surface area contributed by atoms with E-state index in [1.54, 1.807) is 7.11 Å². The van der Waals surface area contributed by atoms with Crippen LogP contribution in [0.2, 0.25) is 0 Å². The average Bonchev–Trinajstić information content (AvgIpc) is 2.30. The van der Waals surface area contributed by atoms with Crippen molar-refractivity contribution < 1.29 is 4.74 Å². The Morgan fingerprint density at radius 1 is 1.32 bits per heavy atom. The molecule has 5 heteroatoms. The smallest absolute Gasteiger partial charge is 0.143 e. The molecule has 1 atom stereocenters. The summed E-state index contributed by atoms with van der Waals surface area (Å²) in [5.74, 6) is 1.98. The highest BCUT2D eigenvalue weighted by Crippen LogP contribution is 2.30. The third kappa shape index (κ3) is 4.27. The molecule has 1 aromatic heterocycles. The van der Waals surface area contributed by atoms with E-state index in [4.69, 9.17) is 9.72 Å². The summed E-state index contributed by atoms with van der Waals surface area (Å²) in [7, 11) is 1.71. The lowest BCUT2D eigenvalue weighted by Gasteiger charge is -2.23. The van der Waals surface area contributed by atoms with Gasteiger partial charge in [-0.05, 0) is 29.5 Å². The number of anilines is 1. The van der Waals surface area contributed by atoms with Crippen molar-refractivity contribution in [2.45, 2.75) is 46.0 Å². The summed E-state index contributed by atoms with van der Waals surface area (Å²) in [5, 5.41) is 3.33. The van der Waals surface area contributed by atoms with Gasteiger partial charge in [0.15, 0.2) is 0 Å². The Bertz CT molecular complexity index is 429. The van der Waals surface area contributed by atoms with Crippen molar-refractivity contribution in [2.24, 2.45) is 0 Å². The minimum Gasteiger partial charge on any atom is -0.384 e. The van der Waals surface area contributed by atoms with Gasteiger partial charge in [-0.15, -0.1) is 0 Å². The normalized spacial score (nSPS) is 13.4. The van der Waals surface area contributed by atoms with Crippen molar-refractivity contribution in [3.8, 4) is 0 Å². The molecule has 0 aliphatic carbocycles. The molecule has 108 valence electrons. The zero-order chi connectivity index (χ0) is 14.6. The van der Waals surface area contributed by atoms with Gasteiger partial charge >= 0.3 is 0 Å². The summed E-state index contributed by atoms with van der Waals surface area (Å²) < 4.78 is 6.32. The second kappa shape index (κ2) is 6.83. The molecule has 19 heavy (non-hydrogen) atoms. The van der Waals surface area contributed by atoms with Crippen LogP contribution in [0.25, 0.3) is 0 Å². The van der Waals surface area contributed by atoms with Crippen LogP contribution in [0.4, 0.5) is 5.82 Å². The molecule has 0 aliphatic rings. The largest absolute Gasteiger partial charge is 0.384 e. The summed E-state index contributed by atoms with van der Waals surface area (Å²) in [6.45, 7) is 12.2. The van der Waals surface area contributed by atoms with E-state index in [1.807, 2.05) is 0 Å². The van der Waals surface area contributed by atoms with Crippen molar-refractivity contribution >= 4 is 28.4 Å². The van der Waals surface area contributed by atoms with Crippen molar-refractivity contribution in [2.75, 3.05) is 25.6 Å². The van der Waals surface area contributed by atoms with Gasteiger partial charge in [0.25, 0.3) is 0 Å².